The summed E-state index contributed by atoms with van der Waals surface area (Å²) in [6.07, 6.45) is 0. The van der Waals surface area contributed by atoms with E-state index in [1.807, 2.05) is 42.5 Å². The number of hydrogen-bond donors (Lipinski definition) is 0. The van der Waals surface area contributed by atoms with Crippen molar-refractivity contribution in [2.24, 2.45) is 0 Å². The highest BCUT2D eigenvalue weighted by Gasteiger charge is 2.12. The molecule has 0 aliphatic rings. The molecule has 0 bridgehead atoms. The molecular weight excluding hydrogens is 346 g/mol. The van der Waals surface area contributed by atoms with Gasteiger partial charge in [0.2, 0.25) is 0 Å². The molecule has 0 aliphatic carbocycles. The fourth-order valence-electron chi connectivity index (χ4n) is 2.77. The molecule has 0 aliphatic heterocycles. The zero-order chi connectivity index (χ0) is 18.4. The summed E-state index contributed by atoms with van der Waals surface area (Å²) >= 11 is 6.45. The minimum atomic E-state index is 0.714. The Morgan fingerprint density at radius 2 is 1.31 bits per heavy atom. The molecule has 0 amide bonds. The van der Waals surface area contributed by atoms with Gasteiger partial charge in [0.25, 0.3) is 0 Å². The van der Waals surface area contributed by atoms with Crippen molar-refractivity contribution in [3.63, 3.8) is 0 Å². The zero-order valence-electron chi connectivity index (χ0n) is 14.9. The Morgan fingerprint density at radius 3 is 1.73 bits per heavy atom. The highest BCUT2D eigenvalue weighted by atomic mass is 35.5. The molecule has 3 nitrogen and oxygen atoms in total. The van der Waals surface area contributed by atoms with Gasteiger partial charge < -0.3 is 14.4 Å². The summed E-state index contributed by atoms with van der Waals surface area (Å²) in [4.78, 5) is 2.24. The van der Waals surface area contributed by atoms with E-state index in [0.717, 1.165) is 30.3 Å². The Balaban J connectivity index is 1.86. The normalized spacial score (nSPS) is 10.4. The van der Waals surface area contributed by atoms with Gasteiger partial charge in [-0.25, -0.2) is 0 Å². The molecule has 0 atom stereocenters. The Hall–Kier alpha value is -2.65. The third-order valence-electron chi connectivity index (χ3n) is 4.20. The van der Waals surface area contributed by atoms with E-state index in [0.29, 0.717) is 5.02 Å². The number of nitrogens with zero attached hydrogens (tertiary/aromatic N) is 1. The number of hydrogen-bond acceptors (Lipinski definition) is 3. The summed E-state index contributed by atoms with van der Waals surface area (Å²) in [6.45, 7) is 1.46. The number of ether oxygens (including phenoxy) is 2. The van der Waals surface area contributed by atoms with Crippen molar-refractivity contribution < 1.29 is 9.47 Å². The van der Waals surface area contributed by atoms with Gasteiger partial charge in [0.1, 0.15) is 11.5 Å². The van der Waals surface area contributed by atoms with Crippen molar-refractivity contribution in [3.05, 3.63) is 88.9 Å². The predicted molar refractivity (Wildman–Crippen MR) is 106 cm³/mol. The van der Waals surface area contributed by atoms with E-state index in [4.69, 9.17) is 21.1 Å². The summed E-state index contributed by atoms with van der Waals surface area (Å²) < 4.78 is 10.5. The van der Waals surface area contributed by atoms with Gasteiger partial charge in [-0.3, -0.25) is 0 Å². The van der Waals surface area contributed by atoms with Crippen LogP contribution in [0.3, 0.4) is 0 Å². The molecule has 3 rings (SSSR count). The lowest BCUT2D eigenvalue weighted by Crippen LogP contribution is -2.22. The monoisotopic (exact) mass is 366 g/mol. The van der Waals surface area contributed by atoms with E-state index in [2.05, 4.69) is 35.2 Å². The molecule has 0 N–H and O–H groups in total. The molecule has 4 heteroatoms. The van der Waals surface area contributed by atoms with Crippen LogP contribution in [0.2, 0.25) is 5.02 Å². The minimum absolute atomic E-state index is 0.714. The van der Waals surface area contributed by atoms with E-state index in [1.54, 1.807) is 14.2 Å². The minimum Gasteiger partial charge on any atom is -0.497 e. The summed E-state index contributed by atoms with van der Waals surface area (Å²) in [5.74, 6) is 1.70. The number of anilines is 1. The fourth-order valence-corrected chi connectivity index (χ4v) is 3.01. The van der Waals surface area contributed by atoms with Crippen LogP contribution in [-0.4, -0.2) is 14.2 Å². The van der Waals surface area contributed by atoms with Crippen molar-refractivity contribution in [1.29, 1.82) is 0 Å². The first kappa shape index (κ1) is 18.2. The van der Waals surface area contributed by atoms with Crippen molar-refractivity contribution in [1.82, 2.24) is 0 Å². The smallest absolute Gasteiger partial charge is 0.118 e. The molecule has 0 fully saturated rings. The standard InChI is InChI=1S/C22H21ClNO2/c1-25-19-11-7-17(8-12-19)15-24(22-6-4-3-5-21(22)23)16-18-9-13-20(26-2)14-10-18/h3,5-14H,15-16H2,1-2H3. The molecule has 0 saturated heterocycles. The molecule has 0 unspecified atom stereocenters. The van der Waals surface area contributed by atoms with Gasteiger partial charge >= 0.3 is 0 Å². The highest BCUT2D eigenvalue weighted by Crippen LogP contribution is 2.28. The van der Waals surface area contributed by atoms with E-state index in [1.165, 1.54) is 11.1 Å². The maximum absolute atomic E-state index is 6.45. The van der Waals surface area contributed by atoms with Crippen molar-refractivity contribution in [2.75, 3.05) is 19.1 Å². The van der Waals surface area contributed by atoms with Crippen LogP contribution in [0.15, 0.2) is 66.7 Å². The molecule has 3 aromatic carbocycles. The van der Waals surface area contributed by atoms with Gasteiger partial charge in [0.05, 0.1) is 24.9 Å². The molecule has 0 spiro atoms. The van der Waals surface area contributed by atoms with Gasteiger partial charge in [0.15, 0.2) is 0 Å². The molecule has 3 aromatic rings. The predicted octanol–water partition coefficient (Wildman–Crippen LogP) is 5.36. The fraction of sp³-hybridized carbons (Fsp3) is 0.182. The van der Waals surface area contributed by atoms with Gasteiger partial charge in [-0.2, -0.15) is 0 Å². The number of methoxy groups -OCH3 is 2. The van der Waals surface area contributed by atoms with E-state index < -0.39 is 0 Å². The first-order valence-corrected chi connectivity index (χ1v) is 8.74. The first-order valence-electron chi connectivity index (χ1n) is 8.36. The molecule has 26 heavy (non-hydrogen) atoms. The lowest BCUT2D eigenvalue weighted by atomic mass is 10.1. The van der Waals surface area contributed by atoms with Crippen LogP contribution in [0.4, 0.5) is 5.69 Å². The third-order valence-corrected chi connectivity index (χ3v) is 4.52. The number of halogens is 1. The second-order valence-corrected chi connectivity index (χ2v) is 6.34. The second kappa shape index (κ2) is 8.63. The van der Waals surface area contributed by atoms with Crippen LogP contribution in [0, 0.1) is 6.07 Å². The molecular formula is C22H21ClNO2. The topological polar surface area (TPSA) is 21.7 Å². The van der Waals surface area contributed by atoms with Crippen LogP contribution >= 0.6 is 11.6 Å². The Morgan fingerprint density at radius 1 is 0.808 bits per heavy atom. The average Bonchev–Trinajstić information content (AvgIpc) is 2.69. The Kier molecular flexibility index (Phi) is 6.03. The Labute approximate surface area is 159 Å². The second-order valence-electron chi connectivity index (χ2n) is 5.93. The van der Waals surface area contributed by atoms with Crippen molar-refractivity contribution in [3.8, 4) is 11.5 Å². The third kappa shape index (κ3) is 4.50. The average molecular weight is 367 g/mol. The highest BCUT2D eigenvalue weighted by molar-refractivity contribution is 6.33. The van der Waals surface area contributed by atoms with E-state index in [-0.39, 0.29) is 0 Å². The lowest BCUT2D eigenvalue weighted by Gasteiger charge is -2.26. The largest absolute Gasteiger partial charge is 0.497 e. The quantitative estimate of drug-likeness (QED) is 0.561. The van der Waals surface area contributed by atoms with Gasteiger partial charge in [0, 0.05) is 13.1 Å². The molecule has 0 saturated carbocycles. The SMILES string of the molecule is COc1ccc(CN(Cc2ccc(OC)cc2)c2c[c]ccc2Cl)cc1. The number of rotatable bonds is 7. The molecule has 0 heterocycles. The molecule has 0 aromatic heterocycles. The zero-order valence-corrected chi connectivity index (χ0v) is 15.7. The maximum Gasteiger partial charge on any atom is 0.118 e. The maximum atomic E-state index is 6.45. The summed E-state index contributed by atoms with van der Waals surface area (Å²) in [5.41, 5.74) is 3.32. The van der Waals surface area contributed by atoms with Crippen LogP contribution in [0.25, 0.3) is 0 Å². The molecule has 133 valence electrons. The van der Waals surface area contributed by atoms with Crippen LogP contribution in [0.1, 0.15) is 11.1 Å². The first-order chi connectivity index (χ1) is 12.7. The number of benzene rings is 3. The van der Waals surface area contributed by atoms with E-state index >= 15 is 0 Å². The molecule has 1 radical (unpaired) electrons. The lowest BCUT2D eigenvalue weighted by molar-refractivity contribution is 0.414. The van der Waals surface area contributed by atoms with Crippen LogP contribution < -0.4 is 14.4 Å². The van der Waals surface area contributed by atoms with Crippen LogP contribution in [0.5, 0.6) is 11.5 Å². The van der Waals surface area contributed by atoms with Crippen LogP contribution in [-0.2, 0) is 13.1 Å². The van der Waals surface area contributed by atoms with Gasteiger partial charge in [-0.05, 0) is 53.6 Å². The van der Waals surface area contributed by atoms with Crippen molar-refractivity contribution >= 4 is 17.3 Å². The van der Waals surface area contributed by atoms with E-state index in [9.17, 15) is 0 Å². The van der Waals surface area contributed by atoms with Gasteiger partial charge in [-0.1, -0.05) is 41.9 Å². The summed E-state index contributed by atoms with van der Waals surface area (Å²) in [5, 5.41) is 0.714. The van der Waals surface area contributed by atoms with Crippen molar-refractivity contribution in [2.45, 2.75) is 13.1 Å². The Bertz CT molecular complexity index is 782. The summed E-state index contributed by atoms with van der Waals surface area (Å²) in [7, 11) is 3.34. The van der Waals surface area contributed by atoms with Gasteiger partial charge in [-0.15, -0.1) is 0 Å². The summed E-state index contributed by atoms with van der Waals surface area (Å²) in [6, 6.07) is 24.9.